The average molecular weight is 224 g/mol. The second kappa shape index (κ2) is 4.79. The van der Waals surface area contributed by atoms with E-state index in [1.54, 1.807) is 0 Å². The molecule has 0 fully saturated rings. The Morgan fingerprint density at radius 3 is 2.60 bits per heavy atom. The van der Waals surface area contributed by atoms with E-state index in [2.05, 4.69) is 32.3 Å². The molecule has 2 nitrogen and oxygen atoms in total. The number of benzene rings is 1. The highest BCUT2D eigenvalue weighted by Gasteiger charge is 2.15. The summed E-state index contributed by atoms with van der Waals surface area (Å²) in [6.07, 6.45) is 2.14. The first-order chi connectivity index (χ1) is 6.94. The number of rotatable bonds is 4. The van der Waals surface area contributed by atoms with Gasteiger partial charge in [-0.25, -0.2) is 0 Å². The fraction of sp³-hybridized carbons (Fsp3) is 0.500. The van der Waals surface area contributed by atoms with Gasteiger partial charge >= 0.3 is 0 Å². The molecule has 0 aliphatic rings. The summed E-state index contributed by atoms with van der Waals surface area (Å²) in [5.74, 6) is 0. The average Bonchev–Trinajstić information content (AvgIpc) is 2.16. The molecule has 0 saturated carbocycles. The van der Waals surface area contributed by atoms with Gasteiger partial charge in [-0.05, 0) is 50.8 Å². The normalized spacial score (nSPS) is 11.5. The highest BCUT2D eigenvalue weighted by atomic mass is 32.2. The minimum atomic E-state index is 0.258. The van der Waals surface area contributed by atoms with Gasteiger partial charge in [0.05, 0.1) is 0 Å². The minimum Gasteiger partial charge on any atom is -0.399 e. The van der Waals surface area contributed by atoms with Crippen LogP contribution in [-0.4, -0.2) is 17.5 Å². The summed E-state index contributed by atoms with van der Waals surface area (Å²) in [4.78, 5) is 0. The van der Waals surface area contributed by atoms with Gasteiger partial charge in [0.25, 0.3) is 0 Å². The van der Waals surface area contributed by atoms with E-state index in [9.17, 15) is 0 Å². The predicted octanol–water partition coefficient (Wildman–Crippen LogP) is 3.13. The first-order valence-electron chi connectivity index (χ1n) is 5.10. The molecular weight excluding hydrogens is 204 g/mol. The van der Waals surface area contributed by atoms with Crippen molar-refractivity contribution in [3.63, 3.8) is 0 Å². The summed E-state index contributed by atoms with van der Waals surface area (Å²) in [6.45, 7) is 7.50. The first kappa shape index (κ1) is 12.2. The fourth-order valence-electron chi connectivity index (χ4n) is 1.27. The lowest BCUT2D eigenvalue weighted by Crippen LogP contribution is -2.26. The first-order valence-corrected chi connectivity index (χ1v) is 6.32. The molecule has 0 aromatic heterocycles. The molecule has 3 heteroatoms. The van der Waals surface area contributed by atoms with E-state index in [0.29, 0.717) is 0 Å². The van der Waals surface area contributed by atoms with Crippen LogP contribution in [0.25, 0.3) is 0 Å². The molecule has 0 bridgehead atoms. The van der Waals surface area contributed by atoms with Crippen molar-refractivity contribution in [2.45, 2.75) is 25.5 Å². The molecule has 0 radical (unpaired) electrons. The fourth-order valence-corrected chi connectivity index (χ4v) is 1.48. The van der Waals surface area contributed by atoms with Gasteiger partial charge in [0.2, 0.25) is 0 Å². The molecule has 1 aromatic carbocycles. The summed E-state index contributed by atoms with van der Waals surface area (Å²) in [5.41, 5.74) is 8.90. The number of hydrogen-bond donors (Lipinski definition) is 2. The Hall–Kier alpha value is -0.830. The Morgan fingerprint density at radius 2 is 2.07 bits per heavy atom. The Balaban J connectivity index is 2.66. The van der Waals surface area contributed by atoms with E-state index in [0.717, 1.165) is 12.2 Å². The molecule has 0 amide bonds. The zero-order chi connectivity index (χ0) is 11.5. The zero-order valence-electron chi connectivity index (χ0n) is 9.92. The molecular formula is C12H20N2S. The molecule has 0 saturated heterocycles. The maximum absolute atomic E-state index is 5.70. The lowest BCUT2D eigenvalue weighted by molar-refractivity contribution is 0.752. The third-order valence-corrected chi connectivity index (χ3v) is 3.76. The Bertz CT molecular complexity index is 334. The third-order valence-electron chi connectivity index (χ3n) is 2.51. The van der Waals surface area contributed by atoms with Crippen molar-refractivity contribution in [3.8, 4) is 0 Å². The Labute approximate surface area is 96.6 Å². The second-order valence-corrected chi connectivity index (χ2v) is 5.91. The summed E-state index contributed by atoms with van der Waals surface area (Å²) < 4.78 is 0.258. The van der Waals surface area contributed by atoms with E-state index >= 15 is 0 Å². The van der Waals surface area contributed by atoms with Crippen LogP contribution >= 0.6 is 11.8 Å². The summed E-state index contributed by atoms with van der Waals surface area (Å²) >= 11 is 1.87. The summed E-state index contributed by atoms with van der Waals surface area (Å²) in [5, 5.41) is 3.45. The topological polar surface area (TPSA) is 38.0 Å². The number of nitrogens with one attached hydrogen (secondary N) is 1. The van der Waals surface area contributed by atoms with Crippen LogP contribution in [-0.2, 0) is 0 Å². The van der Waals surface area contributed by atoms with Gasteiger partial charge in [-0.1, -0.05) is 0 Å². The van der Waals surface area contributed by atoms with Crippen LogP contribution in [0, 0.1) is 6.92 Å². The lowest BCUT2D eigenvalue weighted by atomic mass is 10.1. The lowest BCUT2D eigenvalue weighted by Gasteiger charge is -2.23. The van der Waals surface area contributed by atoms with E-state index in [-0.39, 0.29) is 4.75 Å². The van der Waals surface area contributed by atoms with E-state index in [1.807, 2.05) is 30.0 Å². The van der Waals surface area contributed by atoms with Gasteiger partial charge in [-0.3, -0.25) is 0 Å². The van der Waals surface area contributed by atoms with Gasteiger partial charge in [0.15, 0.2) is 0 Å². The SMILES string of the molecule is CSC(C)(C)CNc1ccc(N)cc1C. The summed E-state index contributed by atoms with van der Waals surface area (Å²) in [6, 6.07) is 5.97. The molecule has 3 N–H and O–H groups in total. The third kappa shape index (κ3) is 3.67. The smallest absolute Gasteiger partial charge is 0.0371 e. The summed E-state index contributed by atoms with van der Waals surface area (Å²) in [7, 11) is 0. The van der Waals surface area contributed by atoms with Crippen molar-refractivity contribution in [1.82, 2.24) is 0 Å². The molecule has 1 aromatic rings. The molecule has 0 aliphatic heterocycles. The monoisotopic (exact) mass is 224 g/mol. The van der Waals surface area contributed by atoms with Gasteiger partial charge in [-0.15, -0.1) is 0 Å². The Kier molecular flexibility index (Phi) is 3.91. The van der Waals surface area contributed by atoms with Crippen molar-refractivity contribution < 1.29 is 0 Å². The van der Waals surface area contributed by atoms with Crippen molar-refractivity contribution in [2.24, 2.45) is 0 Å². The molecule has 0 atom stereocenters. The molecule has 0 unspecified atom stereocenters. The number of thioether (sulfide) groups is 1. The highest BCUT2D eigenvalue weighted by molar-refractivity contribution is 7.99. The zero-order valence-corrected chi connectivity index (χ0v) is 10.7. The number of nitrogens with two attached hydrogens (primary N) is 1. The van der Waals surface area contributed by atoms with Crippen LogP contribution in [0.15, 0.2) is 18.2 Å². The number of nitrogen functional groups attached to an aromatic ring is 1. The maximum Gasteiger partial charge on any atom is 0.0371 e. The van der Waals surface area contributed by atoms with Crippen molar-refractivity contribution in [3.05, 3.63) is 23.8 Å². The van der Waals surface area contributed by atoms with Gasteiger partial charge in [0, 0.05) is 22.7 Å². The Morgan fingerprint density at radius 1 is 1.40 bits per heavy atom. The molecule has 15 heavy (non-hydrogen) atoms. The standard InChI is InChI=1S/C12H20N2S/c1-9-7-10(13)5-6-11(9)14-8-12(2,3)15-4/h5-7,14H,8,13H2,1-4H3. The quantitative estimate of drug-likeness (QED) is 0.772. The van der Waals surface area contributed by atoms with Crippen LogP contribution < -0.4 is 11.1 Å². The van der Waals surface area contributed by atoms with Crippen molar-refractivity contribution >= 4 is 23.1 Å². The predicted molar refractivity (Wildman–Crippen MR) is 71.7 cm³/mol. The van der Waals surface area contributed by atoms with Crippen LogP contribution in [0.3, 0.4) is 0 Å². The van der Waals surface area contributed by atoms with Crippen LogP contribution in [0.1, 0.15) is 19.4 Å². The van der Waals surface area contributed by atoms with Gasteiger partial charge in [-0.2, -0.15) is 11.8 Å². The van der Waals surface area contributed by atoms with Gasteiger partial charge < -0.3 is 11.1 Å². The number of hydrogen-bond acceptors (Lipinski definition) is 3. The van der Waals surface area contributed by atoms with E-state index in [4.69, 9.17) is 5.73 Å². The molecule has 0 spiro atoms. The second-order valence-electron chi connectivity index (χ2n) is 4.39. The number of aryl methyl sites for hydroxylation is 1. The molecule has 0 aliphatic carbocycles. The maximum atomic E-state index is 5.70. The molecule has 84 valence electrons. The molecule has 0 heterocycles. The van der Waals surface area contributed by atoms with Gasteiger partial charge in [0.1, 0.15) is 0 Å². The van der Waals surface area contributed by atoms with E-state index in [1.165, 1.54) is 11.3 Å². The van der Waals surface area contributed by atoms with Crippen LogP contribution in [0.2, 0.25) is 0 Å². The highest BCUT2D eigenvalue weighted by Crippen LogP contribution is 2.23. The minimum absolute atomic E-state index is 0.258. The van der Waals surface area contributed by atoms with E-state index < -0.39 is 0 Å². The number of anilines is 2. The van der Waals surface area contributed by atoms with Crippen molar-refractivity contribution in [2.75, 3.05) is 23.9 Å². The largest absolute Gasteiger partial charge is 0.399 e. The molecule has 1 rings (SSSR count). The van der Waals surface area contributed by atoms with Crippen LogP contribution in [0.5, 0.6) is 0 Å². The van der Waals surface area contributed by atoms with Crippen LogP contribution in [0.4, 0.5) is 11.4 Å². The van der Waals surface area contributed by atoms with Crippen molar-refractivity contribution in [1.29, 1.82) is 0 Å².